The molecule has 0 saturated carbocycles. The molecule has 178 valence electrons. The Morgan fingerprint density at radius 2 is 1.79 bits per heavy atom. The van der Waals surface area contributed by atoms with E-state index < -0.39 is 24.1 Å². The molecule has 34 heavy (non-hydrogen) atoms. The lowest BCUT2D eigenvalue weighted by molar-refractivity contribution is 0.0529. The number of aliphatic hydroxyl groups is 1. The average molecular weight is 594 g/mol. The van der Waals surface area contributed by atoms with E-state index in [1.165, 1.54) is 14.2 Å². The molecular weight excluding hydrogens is 572 g/mol. The molecule has 0 unspecified atom stereocenters. The van der Waals surface area contributed by atoms with E-state index in [1.54, 1.807) is 30.5 Å². The van der Waals surface area contributed by atoms with Crippen molar-refractivity contribution in [1.29, 1.82) is 0 Å². The molecule has 0 radical (unpaired) electrons. The van der Waals surface area contributed by atoms with Crippen LogP contribution in [-0.4, -0.2) is 42.3 Å². The van der Waals surface area contributed by atoms with Crippen LogP contribution in [0.25, 0.3) is 11.3 Å². The number of hydrogen-bond acceptors (Lipinski definition) is 8. The zero-order valence-corrected chi connectivity index (χ0v) is 22.0. The number of anilines is 1. The predicted molar refractivity (Wildman–Crippen MR) is 132 cm³/mol. The monoisotopic (exact) mass is 592 g/mol. The van der Waals surface area contributed by atoms with Crippen molar-refractivity contribution in [2.75, 3.05) is 19.1 Å². The molecule has 1 aliphatic heterocycles. The molecule has 3 heterocycles. The molecule has 4 rings (SSSR count). The van der Waals surface area contributed by atoms with Crippen molar-refractivity contribution in [3.63, 3.8) is 0 Å². The molecule has 1 aromatic carbocycles. The average Bonchev–Trinajstić information content (AvgIpc) is 3.18. The van der Waals surface area contributed by atoms with Crippen molar-refractivity contribution in [2.45, 2.75) is 32.0 Å². The fraction of sp³-hybridized carbons (Fsp3) is 0.292. The number of rotatable bonds is 4. The lowest BCUT2D eigenvalue weighted by atomic mass is 9.95. The van der Waals surface area contributed by atoms with Gasteiger partial charge in [0.05, 0.1) is 19.9 Å². The number of aromatic nitrogens is 1. The first-order valence-electron chi connectivity index (χ1n) is 10.4. The van der Waals surface area contributed by atoms with E-state index in [0.717, 1.165) is 4.47 Å². The van der Waals surface area contributed by atoms with Crippen molar-refractivity contribution in [1.82, 2.24) is 4.98 Å². The summed E-state index contributed by atoms with van der Waals surface area (Å²) in [6.07, 6.45) is 0.590. The Labute approximate surface area is 213 Å². The Morgan fingerprint density at radius 3 is 2.38 bits per heavy atom. The van der Waals surface area contributed by atoms with Crippen LogP contribution in [-0.2, 0) is 9.47 Å². The summed E-state index contributed by atoms with van der Waals surface area (Å²) >= 11 is 7.02. The second-order valence-electron chi connectivity index (χ2n) is 7.97. The lowest BCUT2D eigenvalue weighted by Crippen LogP contribution is -2.39. The summed E-state index contributed by atoms with van der Waals surface area (Å²) in [5.41, 5.74) is 1.89. The van der Waals surface area contributed by atoms with Crippen LogP contribution in [0, 0.1) is 0 Å². The van der Waals surface area contributed by atoms with E-state index in [0.29, 0.717) is 27.0 Å². The summed E-state index contributed by atoms with van der Waals surface area (Å²) in [6.45, 7) is 3.83. The third kappa shape index (κ3) is 3.93. The van der Waals surface area contributed by atoms with Crippen molar-refractivity contribution in [2.24, 2.45) is 0 Å². The highest BCUT2D eigenvalue weighted by atomic mass is 79.9. The van der Waals surface area contributed by atoms with E-state index >= 15 is 0 Å². The number of pyridine rings is 1. The number of carbonyl (C=O) groups is 2. The molecule has 2 atom stereocenters. The van der Waals surface area contributed by atoms with E-state index in [-0.39, 0.29) is 23.1 Å². The number of fused-ring (bicyclic) bond motifs is 3. The predicted octanol–water partition coefficient (Wildman–Crippen LogP) is 5.44. The Morgan fingerprint density at radius 1 is 1.12 bits per heavy atom. The molecule has 10 heteroatoms. The Hall–Kier alpha value is -2.69. The quantitative estimate of drug-likeness (QED) is 0.399. The van der Waals surface area contributed by atoms with Crippen LogP contribution >= 0.6 is 31.9 Å². The minimum Gasteiger partial charge on any atom is -0.465 e. The van der Waals surface area contributed by atoms with Gasteiger partial charge >= 0.3 is 11.9 Å². The fourth-order valence-corrected chi connectivity index (χ4v) is 4.98. The number of nitrogens with zero attached hydrogens (tertiary/aromatic N) is 2. The van der Waals surface area contributed by atoms with Crippen molar-refractivity contribution in [3.8, 4) is 11.3 Å². The number of carbonyl (C=O) groups excluding carboxylic acids is 2. The van der Waals surface area contributed by atoms with Crippen LogP contribution in [0.2, 0.25) is 0 Å². The van der Waals surface area contributed by atoms with Gasteiger partial charge in [-0.2, -0.15) is 0 Å². The molecule has 0 amide bonds. The minimum atomic E-state index is -1.05. The number of esters is 2. The largest absolute Gasteiger partial charge is 0.465 e. The maximum Gasteiger partial charge on any atom is 0.374 e. The highest BCUT2D eigenvalue weighted by Gasteiger charge is 2.44. The topological polar surface area (TPSA) is 102 Å². The first-order chi connectivity index (χ1) is 16.2. The third-order valence-corrected chi connectivity index (χ3v) is 7.55. The van der Waals surface area contributed by atoms with Crippen LogP contribution in [0.1, 0.15) is 58.2 Å². The maximum atomic E-state index is 13.0. The molecule has 1 N–H and O–H groups in total. The number of methoxy groups -OCH3 is 2. The first kappa shape index (κ1) is 24.4. The molecule has 0 spiro atoms. The summed E-state index contributed by atoms with van der Waals surface area (Å²) < 4.78 is 17.4. The highest BCUT2D eigenvalue weighted by Crippen LogP contribution is 2.53. The van der Waals surface area contributed by atoms with Gasteiger partial charge in [-0.3, -0.25) is 4.98 Å². The van der Waals surface area contributed by atoms with Gasteiger partial charge < -0.3 is 23.9 Å². The Balaban J connectivity index is 2.18. The normalized spacial score (nSPS) is 17.1. The van der Waals surface area contributed by atoms with Gasteiger partial charge in [-0.25, -0.2) is 9.59 Å². The smallest absolute Gasteiger partial charge is 0.374 e. The summed E-state index contributed by atoms with van der Waals surface area (Å²) in [7, 11) is 2.44. The van der Waals surface area contributed by atoms with Crippen LogP contribution < -0.4 is 4.90 Å². The molecule has 8 nitrogen and oxygen atoms in total. The van der Waals surface area contributed by atoms with Gasteiger partial charge in [-0.05, 0) is 75.5 Å². The van der Waals surface area contributed by atoms with E-state index in [2.05, 4.69) is 36.8 Å². The van der Waals surface area contributed by atoms with Gasteiger partial charge in [0.25, 0.3) is 0 Å². The minimum absolute atomic E-state index is 0.0712. The van der Waals surface area contributed by atoms with Gasteiger partial charge in [0.2, 0.25) is 5.76 Å². The summed E-state index contributed by atoms with van der Waals surface area (Å²) in [4.78, 5) is 32.0. The first-order valence-corrected chi connectivity index (χ1v) is 12.0. The summed E-state index contributed by atoms with van der Waals surface area (Å²) in [5.74, 6) is -1.60. The van der Waals surface area contributed by atoms with Crippen molar-refractivity contribution >= 4 is 49.5 Å². The molecule has 3 aromatic rings. The molecular formula is C24H22Br2N2O6. The number of ether oxygens (including phenoxy) is 2. The fourth-order valence-electron chi connectivity index (χ4n) is 4.28. The molecule has 0 fully saturated rings. The van der Waals surface area contributed by atoms with E-state index in [9.17, 15) is 14.7 Å². The maximum absolute atomic E-state index is 13.0. The second kappa shape index (κ2) is 9.52. The van der Waals surface area contributed by atoms with Gasteiger partial charge in [0, 0.05) is 26.7 Å². The zero-order valence-electron chi connectivity index (χ0n) is 18.8. The Bertz CT molecular complexity index is 1260. The second-order valence-corrected chi connectivity index (χ2v) is 9.67. The third-order valence-electron chi connectivity index (χ3n) is 5.70. The summed E-state index contributed by atoms with van der Waals surface area (Å²) in [5, 5.41) is 11.7. The van der Waals surface area contributed by atoms with Crippen molar-refractivity contribution in [3.05, 3.63) is 68.1 Å². The van der Waals surface area contributed by atoms with Crippen LogP contribution in [0.15, 0.2) is 49.9 Å². The summed E-state index contributed by atoms with van der Waals surface area (Å²) in [6, 6.07) is 8.02. The number of aliphatic hydroxyl groups excluding tert-OH is 1. The van der Waals surface area contributed by atoms with Crippen LogP contribution in [0.4, 0.5) is 5.69 Å². The lowest BCUT2D eigenvalue weighted by Gasteiger charge is -2.37. The van der Waals surface area contributed by atoms with Crippen LogP contribution in [0.5, 0.6) is 0 Å². The van der Waals surface area contributed by atoms with Gasteiger partial charge in [0.15, 0.2) is 5.76 Å². The SMILES string of the molecule is COC(=O)c1oc2c(c1C(=O)OC)N(C(C)C)[C@H](c1ccccn1)[C@H](O)c1cc(Br)c(Br)cc1-2. The molecule has 1 aliphatic rings. The Kier molecular flexibility index (Phi) is 6.84. The number of hydrogen-bond donors (Lipinski definition) is 1. The van der Waals surface area contributed by atoms with Gasteiger partial charge in [0.1, 0.15) is 23.4 Å². The highest BCUT2D eigenvalue weighted by molar-refractivity contribution is 9.13. The van der Waals surface area contributed by atoms with E-state index in [1.807, 2.05) is 24.8 Å². The molecule has 0 saturated heterocycles. The van der Waals surface area contributed by atoms with Crippen LogP contribution in [0.3, 0.4) is 0 Å². The number of halogens is 2. The van der Waals surface area contributed by atoms with Gasteiger partial charge in [-0.15, -0.1) is 0 Å². The molecule has 0 bridgehead atoms. The standard InChI is InChI=1S/C24H22Br2N2O6/c1-11(2)28-18(16-7-5-6-8-27-16)20(29)12-9-14(25)15(26)10-13(12)21-19(28)17(23(30)32-3)22(34-21)24(31)33-4/h5-11,18,20,29H,1-4H3/t18-,20-/m1/s1. The number of benzene rings is 1. The molecule has 2 aromatic heterocycles. The zero-order chi connectivity index (χ0) is 24.7. The van der Waals surface area contributed by atoms with Gasteiger partial charge in [-0.1, -0.05) is 6.07 Å². The van der Waals surface area contributed by atoms with Crippen molar-refractivity contribution < 1.29 is 28.6 Å². The van der Waals surface area contributed by atoms with E-state index in [4.69, 9.17) is 13.9 Å². The number of furan rings is 1. The molecule has 0 aliphatic carbocycles.